The first kappa shape index (κ1) is 18.6. The minimum Gasteiger partial charge on any atom is -0.356 e. The number of hydrogen-bond donors (Lipinski definition) is 1. The second-order valence-electron chi connectivity index (χ2n) is 6.96. The van der Waals surface area contributed by atoms with Gasteiger partial charge in [0, 0.05) is 30.7 Å². The number of aryl methyl sites for hydroxylation is 1. The molecular formula is C20H23N5O2S. The summed E-state index contributed by atoms with van der Waals surface area (Å²) in [6.45, 7) is 4.07. The smallest absolute Gasteiger partial charge is 0.259 e. The van der Waals surface area contributed by atoms with Gasteiger partial charge in [-0.2, -0.15) is 4.98 Å². The molecule has 1 N–H and O–H groups in total. The topological polar surface area (TPSA) is 84.2 Å². The molecule has 4 rings (SSSR count). The highest BCUT2D eigenvalue weighted by Gasteiger charge is 2.26. The Morgan fingerprint density at radius 3 is 3.04 bits per heavy atom. The maximum atomic E-state index is 12.6. The second kappa shape index (κ2) is 8.52. The van der Waals surface area contributed by atoms with Crippen molar-refractivity contribution in [1.29, 1.82) is 0 Å². The van der Waals surface area contributed by atoms with Crippen molar-refractivity contribution in [3.63, 3.8) is 0 Å². The second-order valence-corrected chi connectivity index (χ2v) is 7.99. The SMILES string of the molecule is Cc1noc(-c2ccc(N3CCCC(C(=O)NCCc4cccs4)C3)nc2)n1. The number of nitrogens with zero attached hydrogens (tertiary/aromatic N) is 4. The highest BCUT2D eigenvalue weighted by atomic mass is 32.1. The molecule has 0 radical (unpaired) electrons. The van der Waals surface area contributed by atoms with E-state index >= 15 is 0 Å². The zero-order chi connectivity index (χ0) is 19.3. The molecule has 1 atom stereocenters. The molecule has 1 aliphatic rings. The summed E-state index contributed by atoms with van der Waals surface area (Å²) in [5.41, 5.74) is 0.796. The van der Waals surface area contributed by atoms with Gasteiger partial charge >= 0.3 is 0 Å². The number of piperidine rings is 1. The minimum atomic E-state index is -0.00264. The summed E-state index contributed by atoms with van der Waals surface area (Å²) in [5, 5.41) is 8.96. The molecule has 146 valence electrons. The van der Waals surface area contributed by atoms with Gasteiger partial charge in [0.2, 0.25) is 5.91 Å². The lowest BCUT2D eigenvalue weighted by molar-refractivity contribution is -0.125. The molecule has 0 bridgehead atoms. The van der Waals surface area contributed by atoms with E-state index < -0.39 is 0 Å². The van der Waals surface area contributed by atoms with Crippen LogP contribution in [0, 0.1) is 12.8 Å². The molecule has 0 saturated carbocycles. The number of amides is 1. The number of anilines is 1. The highest BCUT2D eigenvalue weighted by Crippen LogP contribution is 2.24. The van der Waals surface area contributed by atoms with Crippen LogP contribution >= 0.6 is 11.3 Å². The van der Waals surface area contributed by atoms with E-state index in [4.69, 9.17) is 4.52 Å². The highest BCUT2D eigenvalue weighted by molar-refractivity contribution is 7.09. The van der Waals surface area contributed by atoms with Gasteiger partial charge < -0.3 is 14.7 Å². The van der Waals surface area contributed by atoms with Crippen molar-refractivity contribution >= 4 is 23.1 Å². The van der Waals surface area contributed by atoms with Crippen molar-refractivity contribution in [1.82, 2.24) is 20.4 Å². The van der Waals surface area contributed by atoms with E-state index in [0.717, 1.165) is 37.2 Å². The van der Waals surface area contributed by atoms with E-state index in [1.807, 2.05) is 18.2 Å². The van der Waals surface area contributed by atoms with Crippen LogP contribution in [0.2, 0.25) is 0 Å². The maximum Gasteiger partial charge on any atom is 0.259 e. The monoisotopic (exact) mass is 397 g/mol. The van der Waals surface area contributed by atoms with E-state index in [2.05, 4.69) is 36.8 Å². The average molecular weight is 398 g/mol. The molecule has 0 spiro atoms. The summed E-state index contributed by atoms with van der Waals surface area (Å²) < 4.78 is 5.18. The van der Waals surface area contributed by atoms with Crippen LogP contribution in [-0.2, 0) is 11.2 Å². The van der Waals surface area contributed by atoms with Gasteiger partial charge in [-0.3, -0.25) is 4.79 Å². The summed E-state index contributed by atoms with van der Waals surface area (Å²) in [6, 6.07) is 8.02. The number of pyridine rings is 1. The Morgan fingerprint density at radius 2 is 2.32 bits per heavy atom. The lowest BCUT2D eigenvalue weighted by atomic mass is 9.97. The molecule has 0 aromatic carbocycles. The number of thiophene rings is 1. The summed E-state index contributed by atoms with van der Waals surface area (Å²) in [5.74, 6) is 2.08. The van der Waals surface area contributed by atoms with Crippen LogP contribution in [0.3, 0.4) is 0 Å². The van der Waals surface area contributed by atoms with Crippen LogP contribution < -0.4 is 10.2 Å². The van der Waals surface area contributed by atoms with Crippen LogP contribution in [-0.4, -0.2) is 40.7 Å². The Labute approximate surface area is 167 Å². The molecule has 4 heterocycles. The predicted octanol–water partition coefficient (Wildman–Crippen LogP) is 3.08. The summed E-state index contributed by atoms with van der Waals surface area (Å²) in [6.07, 6.45) is 4.53. The Balaban J connectivity index is 1.33. The van der Waals surface area contributed by atoms with Crippen LogP contribution in [0.5, 0.6) is 0 Å². The van der Waals surface area contributed by atoms with Gasteiger partial charge in [-0.1, -0.05) is 11.2 Å². The van der Waals surface area contributed by atoms with Gasteiger partial charge in [0.25, 0.3) is 5.89 Å². The molecule has 0 aliphatic carbocycles. The van der Waals surface area contributed by atoms with Crippen molar-refractivity contribution in [3.05, 3.63) is 46.5 Å². The first-order chi connectivity index (χ1) is 13.7. The zero-order valence-electron chi connectivity index (χ0n) is 15.8. The van der Waals surface area contributed by atoms with Crippen molar-refractivity contribution in [2.75, 3.05) is 24.5 Å². The molecule has 1 fully saturated rings. The Hall–Kier alpha value is -2.74. The molecule has 3 aromatic rings. The summed E-state index contributed by atoms with van der Waals surface area (Å²) >= 11 is 1.73. The number of carbonyl (C=O) groups excluding carboxylic acids is 1. The quantitative estimate of drug-likeness (QED) is 0.688. The summed E-state index contributed by atoms with van der Waals surface area (Å²) in [4.78, 5) is 24.8. The fourth-order valence-corrected chi connectivity index (χ4v) is 4.13. The van der Waals surface area contributed by atoms with E-state index in [1.165, 1.54) is 4.88 Å². The maximum absolute atomic E-state index is 12.6. The predicted molar refractivity (Wildman–Crippen MR) is 108 cm³/mol. The third kappa shape index (κ3) is 4.39. The van der Waals surface area contributed by atoms with Gasteiger partial charge in [-0.15, -0.1) is 11.3 Å². The number of rotatable bonds is 6. The third-order valence-corrected chi connectivity index (χ3v) is 5.83. The number of hydrogen-bond acceptors (Lipinski definition) is 7. The third-order valence-electron chi connectivity index (χ3n) is 4.89. The van der Waals surface area contributed by atoms with E-state index in [-0.39, 0.29) is 11.8 Å². The minimum absolute atomic E-state index is 0.00264. The Kier molecular flexibility index (Phi) is 5.66. The normalized spacial score (nSPS) is 16.9. The molecule has 1 aliphatic heterocycles. The fourth-order valence-electron chi connectivity index (χ4n) is 3.42. The van der Waals surface area contributed by atoms with Crippen LogP contribution in [0.4, 0.5) is 5.82 Å². The van der Waals surface area contributed by atoms with Gasteiger partial charge in [0.15, 0.2) is 5.82 Å². The molecule has 1 saturated heterocycles. The molecule has 1 unspecified atom stereocenters. The van der Waals surface area contributed by atoms with Gasteiger partial charge in [-0.25, -0.2) is 4.98 Å². The lowest BCUT2D eigenvalue weighted by Crippen LogP contribution is -2.43. The van der Waals surface area contributed by atoms with Crippen LogP contribution in [0.15, 0.2) is 40.4 Å². The van der Waals surface area contributed by atoms with Gasteiger partial charge in [-0.05, 0) is 49.8 Å². The van der Waals surface area contributed by atoms with Crippen molar-refractivity contribution < 1.29 is 9.32 Å². The van der Waals surface area contributed by atoms with Crippen LogP contribution in [0.25, 0.3) is 11.5 Å². The largest absolute Gasteiger partial charge is 0.356 e. The molecule has 28 heavy (non-hydrogen) atoms. The number of nitrogens with one attached hydrogen (secondary N) is 1. The Morgan fingerprint density at radius 1 is 1.39 bits per heavy atom. The first-order valence-electron chi connectivity index (χ1n) is 9.51. The van der Waals surface area contributed by atoms with Crippen molar-refractivity contribution in [2.24, 2.45) is 5.92 Å². The summed E-state index contributed by atoms with van der Waals surface area (Å²) in [7, 11) is 0. The van der Waals surface area contributed by atoms with Crippen LogP contribution in [0.1, 0.15) is 23.5 Å². The fraction of sp³-hybridized carbons (Fsp3) is 0.400. The van der Waals surface area contributed by atoms with Gasteiger partial charge in [0.05, 0.1) is 11.5 Å². The number of aromatic nitrogens is 3. The van der Waals surface area contributed by atoms with E-state index in [0.29, 0.717) is 24.8 Å². The first-order valence-corrected chi connectivity index (χ1v) is 10.4. The molecule has 7 nitrogen and oxygen atoms in total. The van der Waals surface area contributed by atoms with E-state index in [1.54, 1.807) is 24.5 Å². The van der Waals surface area contributed by atoms with Crippen molar-refractivity contribution in [2.45, 2.75) is 26.2 Å². The average Bonchev–Trinajstić information content (AvgIpc) is 3.40. The molecular weight excluding hydrogens is 374 g/mol. The zero-order valence-corrected chi connectivity index (χ0v) is 16.6. The van der Waals surface area contributed by atoms with Gasteiger partial charge in [0.1, 0.15) is 5.82 Å². The molecule has 1 amide bonds. The van der Waals surface area contributed by atoms with Crippen molar-refractivity contribution in [3.8, 4) is 11.5 Å². The standard InChI is InChI=1S/C20H23N5O2S/c1-14-23-20(27-24-14)15-6-7-18(22-12-15)25-10-2-4-16(13-25)19(26)21-9-8-17-5-3-11-28-17/h3,5-7,11-12,16H,2,4,8-10,13H2,1H3,(H,21,26). The molecule has 3 aromatic heterocycles. The molecule has 8 heteroatoms. The van der Waals surface area contributed by atoms with E-state index in [9.17, 15) is 4.79 Å². The Bertz CT molecular complexity index is 907. The lowest BCUT2D eigenvalue weighted by Gasteiger charge is -2.32. The number of carbonyl (C=O) groups is 1.